The van der Waals surface area contributed by atoms with Crippen molar-refractivity contribution in [1.82, 2.24) is 5.32 Å². The van der Waals surface area contributed by atoms with Crippen molar-refractivity contribution in [2.75, 3.05) is 6.26 Å². The second-order valence-corrected chi connectivity index (χ2v) is 3.78. The van der Waals surface area contributed by atoms with Crippen molar-refractivity contribution < 1.29 is 9.59 Å². The molecule has 1 saturated heterocycles. The van der Waals surface area contributed by atoms with Crippen LogP contribution in [0.5, 0.6) is 0 Å². The van der Waals surface area contributed by atoms with E-state index in [0.29, 0.717) is 0 Å². The van der Waals surface area contributed by atoms with Crippen molar-refractivity contribution in [2.45, 2.75) is 4.58 Å². The Morgan fingerprint density at radius 3 is 2.56 bits per heavy atom. The van der Waals surface area contributed by atoms with E-state index >= 15 is 0 Å². The van der Waals surface area contributed by atoms with Gasteiger partial charge in [-0.2, -0.15) is 0 Å². The predicted octanol–water partition coefficient (Wildman–Crippen LogP) is 0.658. The SMILES string of the molecule is CSC1SC(=O)NC1=O. The zero-order valence-corrected chi connectivity index (χ0v) is 6.34. The van der Waals surface area contributed by atoms with Gasteiger partial charge < -0.3 is 0 Å². The third-order valence-corrected chi connectivity index (χ3v) is 3.12. The first-order valence-corrected chi connectivity index (χ1v) is 4.45. The minimum Gasteiger partial charge on any atom is -0.285 e. The molecule has 1 N–H and O–H groups in total. The van der Waals surface area contributed by atoms with E-state index in [1.165, 1.54) is 11.8 Å². The van der Waals surface area contributed by atoms with Gasteiger partial charge in [0, 0.05) is 0 Å². The Balaban J connectivity index is 2.58. The van der Waals surface area contributed by atoms with Crippen molar-refractivity contribution in [3.8, 4) is 0 Å². The molecule has 0 aromatic carbocycles. The number of hydrogen-bond donors (Lipinski definition) is 1. The van der Waals surface area contributed by atoms with Crippen LogP contribution in [0.1, 0.15) is 0 Å². The van der Waals surface area contributed by atoms with E-state index in [9.17, 15) is 9.59 Å². The summed E-state index contributed by atoms with van der Waals surface area (Å²) >= 11 is 2.41. The number of nitrogens with one attached hydrogen (secondary N) is 1. The summed E-state index contributed by atoms with van der Waals surface area (Å²) < 4.78 is -0.225. The summed E-state index contributed by atoms with van der Waals surface area (Å²) in [5, 5.41) is 1.95. The lowest BCUT2D eigenvalue weighted by Crippen LogP contribution is -2.22. The van der Waals surface area contributed by atoms with Crippen LogP contribution in [-0.2, 0) is 4.79 Å². The van der Waals surface area contributed by atoms with Gasteiger partial charge in [-0.15, -0.1) is 11.8 Å². The highest BCUT2D eigenvalue weighted by atomic mass is 32.2. The average Bonchev–Trinajstić information content (AvgIpc) is 2.10. The number of amides is 2. The molecular formula is C4H5NO2S2. The standard InChI is InChI=1S/C4H5NO2S2/c1-8-3-2(6)5-4(7)9-3/h3H,1H3,(H,5,6,7). The van der Waals surface area contributed by atoms with Crippen LogP contribution < -0.4 is 5.32 Å². The lowest BCUT2D eigenvalue weighted by molar-refractivity contribution is -0.117. The lowest BCUT2D eigenvalue weighted by atomic mass is 10.7. The molecule has 1 atom stereocenters. The molecule has 0 saturated carbocycles. The summed E-state index contributed by atoms with van der Waals surface area (Å²) in [7, 11) is 0. The Morgan fingerprint density at radius 1 is 1.67 bits per heavy atom. The minimum absolute atomic E-state index is 0.183. The summed E-state index contributed by atoms with van der Waals surface area (Å²) in [5.74, 6) is -0.183. The number of thioether (sulfide) groups is 2. The molecule has 0 aromatic rings. The Bertz CT molecular complexity index is 159. The number of carbonyl (C=O) groups excluding carboxylic acids is 2. The normalized spacial score (nSPS) is 26.6. The summed E-state index contributed by atoms with van der Waals surface area (Å²) in [5.41, 5.74) is 0. The van der Waals surface area contributed by atoms with Crippen LogP contribution in [0.4, 0.5) is 4.79 Å². The predicted molar refractivity (Wildman–Crippen MR) is 38.4 cm³/mol. The van der Waals surface area contributed by atoms with Crippen molar-refractivity contribution in [2.24, 2.45) is 0 Å². The maximum absolute atomic E-state index is 10.6. The fourth-order valence-corrected chi connectivity index (χ4v) is 1.93. The molecule has 0 radical (unpaired) electrons. The molecular weight excluding hydrogens is 158 g/mol. The van der Waals surface area contributed by atoms with E-state index in [1.807, 2.05) is 0 Å². The Kier molecular flexibility index (Phi) is 2.02. The Hall–Kier alpha value is -0.160. The van der Waals surface area contributed by atoms with Gasteiger partial charge in [0.1, 0.15) is 4.58 Å². The lowest BCUT2D eigenvalue weighted by Gasteiger charge is -1.94. The molecule has 2 amide bonds. The van der Waals surface area contributed by atoms with E-state index in [2.05, 4.69) is 5.32 Å². The van der Waals surface area contributed by atoms with Gasteiger partial charge in [-0.3, -0.25) is 14.9 Å². The summed E-state index contributed by atoms with van der Waals surface area (Å²) in [4.78, 5) is 21.1. The zero-order chi connectivity index (χ0) is 6.85. The van der Waals surface area contributed by atoms with Crippen LogP contribution in [0.15, 0.2) is 0 Å². The second-order valence-electron chi connectivity index (χ2n) is 1.46. The van der Waals surface area contributed by atoms with E-state index in [1.54, 1.807) is 6.26 Å². The monoisotopic (exact) mass is 163 g/mol. The highest BCUT2D eigenvalue weighted by Gasteiger charge is 2.30. The molecule has 1 rings (SSSR count). The highest BCUT2D eigenvalue weighted by Crippen LogP contribution is 2.26. The first kappa shape index (κ1) is 6.95. The minimum atomic E-state index is -0.237. The number of hydrogen-bond acceptors (Lipinski definition) is 4. The van der Waals surface area contributed by atoms with Gasteiger partial charge in [0.2, 0.25) is 0 Å². The van der Waals surface area contributed by atoms with Gasteiger partial charge in [-0.1, -0.05) is 0 Å². The maximum Gasteiger partial charge on any atom is 0.287 e. The smallest absolute Gasteiger partial charge is 0.285 e. The van der Waals surface area contributed by atoms with Crippen LogP contribution in [0.2, 0.25) is 0 Å². The molecule has 1 unspecified atom stereocenters. The molecule has 9 heavy (non-hydrogen) atoms. The molecule has 0 aromatic heterocycles. The Morgan fingerprint density at radius 2 is 2.33 bits per heavy atom. The van der Waals surface area contributed by atoms with Crippen LogP contribution in [0.25, 0.3) is 0 Å². The van der Waals surface area contributed by atoms with E-state index in [0.717, 1.165) is 11.8 Å². The number of imide groups is 1. The first-order chi connectivity index (χ1) is 4.24. The van der Waals surface area contributed by atoms with Crippen molar-refractivity contribution in [1.29, 1.82) is 0 Å². The van der Waals surface area contributed by atoms with E-state index < -0.39 is 0 Å². The van der Waals surface area contributed by atoms with Gasteiger partial charge in [-0.05, 0) is 18.0 Å². The molecule has 3 nitrogen and oxygen atoms in total. The topological polar surface area (TPSA) is 46.2 Å². The molecule has 1 fully saturated rings. The Labute approximate surface area is 60.9 Å². The van der Waals surface area contributed by atoms with Crippen LogP contribution in [-0.4, -0.2) is 22.0 Å². The highest BCUT2D eigenvalue weighted by molar-refractivity contribution is 8.26. The van der Waals surface area contributed by atoms with E-state index in [-0.39, 0.29) is 15.7 Å². The second kappa shape index (κ2) is 2.62. The summed E-state index contributed by atoms with van der Waals surface area (Å²) in [6.07, 6.45) is 1.80. The summed E-state index contributed by atoms with van der Waals surface area (Å²) in [6.45, 7) is 0. The van der Waals surface area contributed by atoms with Gasteiger partial charge in [0.15, 0.2) is 0 Å². The quantitative estimate of drug-likeness (QED) is 0.616. The van der Waals surface area contributed by atoms with Crippen LogP contribution in [0, 0.1) is 0 Å². The third kappa shape index (κ3) is 1.40. The van der Waals surface area contributed by atoms with Gasteiger partial charge in [-0.25, -0.2) is 0 Å². The average molecular weight is 163 g/mol. The fraction of sp³-hybridized carbons (Fsp3) is 0.500. The van der Waals surface area contributed by atoms with Crippen LogP contribution >= 0.6 is 23.5 Å². The molecule has 1 aliphatic rings. The fourth-order valence-electron chi connectivity index (χ4n) is 0.495. The zero-order valence-electron chi connectivity index (χ0n) is 4.71. The largest absolute Gasteiger partial charge is 0.287 e. The van der Waals surface area contributed by atoms with Crippen LogP contribution in [0.3, 0.4) is 0 Å². The van der Waals surface area contributed by atoms with Crippen molar-refractivity contribution >= 4 is 34.7 Å². The van der Waals surface area contributed by atoms with Gasteiger partial charge >= 0.3 is 0 Å². The molecule has 5 heteroatoms. The van der Waals surface area contributed by atoms with E-state index in [4.69, 9.17) is 0 Å². The molecule has 1 aliphatic heterocycles. The summed E-state index contributed by atoms with van der Waals surface area (Å²) in [6, 6.07) is 0. The van der Waals surface area contributed by atoms with Gasteiger partial charge in [0.05, 0.1) is 0 Å². The van der Waals surface area contributed by atoms with Gasteiger partial charge in [0.25, 0.3) is 11.1 Å². The number of carbonyl (C=O) groups is 2. The molecule has 1 heterocycles. The molecule has 0 aliphatic carbocycles. The number of rotatable bonds is 1. The first-order valence-electron chi connectivity index (χ1n) is 2.28. The molecule has 50 valence electrons. The maximum atomic E-state index is 10.6. The van der Waals surface area contributed by atoms with Crippen molar-refractivity contribution in [3.63, 3.8) is 0 Å². The molecule has 0 bridgehead atoms. The molecule has 0 spiro atoms. The third-order valence-electron chi connectivity index (χ3n) is 0.867. The van der Waals surface area contributed by atoms with Crippen molar-refractivity contribution in [3.05, 3.63) is 0 Å².